The van der Waals surface area contributed by atoms with Crippen LogP contribution in [0, 0.1) is 0 Å². The highest BCUT2D eigenvalue weighted by atomic mass is 35.5. The number of nitrogens with zero attached hydrogens (tertiary/aromatic N) is 1. The van der Waals surface area contributed by atoms with Crippen molar-refractivity contribution in [2.75, 3.05) is 12.3 Å². The van der Waals surface area contributed by atoms with Crippen molar-refractivity contribution in [3.63, 3.8) is 0 Å². The van der Waals surface area contributed by atoms with Crippen LogP contribution in [0.2, 0.25) is 5.02 Å². The Morgan fingerprint density at radius 3 is 2.39 bits per heavy atom. The molecule has 2 aromatic carbocycles. The Labute approximate surface area is 195 Å². The Morgan fingerprint density at radius 2 is 1.74 bits per heavy atom. The molecule has 2 rings (SSSR count). The number of hydrogen-bond acceptors (Lipinski definition) is 3. The van der Waals surface area contributed by atoms with E-state index in [1.165, 1.54) is 5.56 Å². The summed E-state index contributed by atoms with van der Waals surface area (Å²) >= 11 is 7.75. The number of rotatable bonds is 13. The molecule has 0 fully saturated rings. The fourth-order valence-corrected chi connectivity index (χ4v) is 4.30. The molecule has 0 bridgehead atoms. The van der Waals surface area contributed by atoms with Gasteiger partial charge in [0, 0.05) is 36.0 Å². The van der Waals surface area contributed by atoms with Crippen LogP contribution in [0.3, 0.4) is 0 Å². The van der Waals surface area contributed by atoms with Gasteiger partial charge in [-0.05, 0) is 36.1 Å². The first-order valence-electron chi connectivity index (χ1n) is 11.0. The zero-order valence-corrected chi connectivity index (χ0v) is 20.1. The molecule has 0 spiro atoms. The molecule has 1 N–H and O–H groups in total. The van der Waals surface area contributed by atoms with Gasteiger partial charge < -0.3 is 10.2 Å². The van der Waals surface area contributed by atoms with Gasteiger partial charge in [0.1, 0.15) is 6.04 Å². The maximum atomic E-state index is 13.2. The molecule has 0 aromatic heterocycles. The number of thioether (sulfide) groups is 1. The molecule has 168 valence electrons. The molecule has 0 aliphatic rings. The van der Waals surface area contributed by atoms with Crippen LogP contribution < -0.4 is 5.32 Å². The molecular weight excluding hydrogens is 428 g/mol. The van der Waals surface area contributed by atoms with E-state index in [1.54, 1.807) is 16.7 Å². The summed E-state index contributed by atoms with van der Waals surface area (Å²) in [6.45, 7) is 5.09. The lowest BCUT2D eigenvalue weighted by Gasteiger charge is -2.30. The van der Waals surface area contributed by atoms with Crippen molar-refractivity contribution in [3.8, 4) is 0 Å². The largest absolute Gasteiger partial charge is 0.354 e. The van der Waals surface area contributed by atoms with E-state index in [9.17, 15) is 9.59 Å². The van der Waals surface area contributed by atoms with Gasteiger partial charge in [-0.2, -0.15) is 11.8 Å². The number of benzene rings is 2. The average molecular weight is 461 g/mol. The predicted molar refractivity (Wildman–Crippen MR) is 131 cm³/mol. The van der Waals surface area contributed by atoms with Crippen molar-refractivity contribution in [1.82, 2.24) is 10.2 Å². The Balaban J connectivity index is 2.02. The zero-order valence-electron chi connectivity index (χ0n) is 18.5. The van der Waals surface area contributed by atoms with Crippen LogP contribution in [-0.4, -0.2) is 35.1 Å². The summed E-state index contributed by atoms with van der Waals surface area (Å²) in [7, 11) is 0. The van der Waals surface area contributed by atoms with E-state index >= 15 is 0 Å². The van der Waals surface area contributed by atoms with E-state index in [2.05, 4.69) is 24.4 Å². The van der Waals surface area contributed by atoms with E-state index in [4.69, 9.17) is 11.6 Å². The molecule has 6 heteroatoms. The van der Waals surface area contributed by atoms with Crippen LogP contribution in [0.5, 0.6) is 0 Å². The molecule has 0 radical (unpaired) electrons. The van der Waals surface area contributed by atoms with Crippen molar-refractivity contribution in [2.24, 2.45) is 0 Å². The summed E-state index contributed by atoms with van der Waals surface area (Å²) < 4.78 is 0. The van der Waals surface area contributed by atoms with Gasteiger partial charge in [-0.3, -0.25) is 9.59 Å². The summed E-state index contributed by atoms with van der Waals surface area (Å²) in [4.78, 5) is 27.7. The van der Waals surface area contributed by atoms with Gasteiger partial charge in [0.15, 0.2) is 0 Å². The molecule has 0 aliphatic heterocycles. The van der Waals surface area contributed by atoms with E-state index in [1.807, 2.05) is 49.4 Å². The number of hydrogen-bond donors (Lipinski definition) is 1. The van der Waals surface area contributed by atoms with Crippen LogP contribution in [0.4, 0.5) is 0 Å². The molecule has 1 atom stereocenters. The number of halogens is 1. The molecule has 2 aromatic rings. The fraction of sp³-hybridized carbons (Fsp3) is 0.440. The summed E-state index contributed by atoms with van der Waals surface area (Å²) in [6, 6.07) is 17.2. The Hall–Kier alpha value is -1.98. The normalized spacial score (nSPS) is 11.7. The Kier molecular flexibility index (Phi) is 11.5. The second kappa shape index (κ2) is 14.2. The van der Waals surface area contributed by atoms with E-state index in [0.717, 1.165) is 29.9 Å². The molecule has 0 heterocycles. The van der Waals surface area contributed by atoms with Crippen LogP contribution in [0.1, 0.15) is 50.7 Å². The minimum Gasteiger partial charge on any atom is -0.354 e. The smallest absolute Gasteiger partial charge is 0.242 e. The van der Waals surface area contributed by atoms with E-state index < -0.39 is 6.04 Å². The summed E-state index contributed by atoms with van der Waals surface area (Å²) in [5.41, 5.74) is 2.22. The number of amides is 2. The average Bonchev–Trinajstić information content (AvgIpc) is 2.78. The molecule has 31 heavy (non-hydrogen) atoms. The van der Waals surface area contributed by atoms with Gasteiger partial charge >= 0.3 is 0 Å². The quantitative estimate of drug-likeness (QED) is 0.391. The summed E-state index contributed by atoms with van der Waals surface area (Å²) in [5.74, 6) is 1.53. The lowest BCUT2D eigenvalue weighted by Crippen LogP contribution is -2.49. The third-order valence-corrected chi connectivity index (χ3v) is 6.34. The maximum Gasteiger partial charge on any atom is 0.242 e. The van der Waals surface area contributed by atoms with E-state index in [-0.39, 0.29) is 11.8 Å². The molecule has 1 unspecified atom stereocenters. The van der Waals surface area contributed by atoms with Crippen LogP contribution in [0.25, 0.3) is 0 Å². The van der Waals surface area contributed by atoms with Gasteiger partial charge in [0.25, 0.3) is 0 Å². The monoisotopic (exact) mass is 460 g/mol. The van der Waals surface area contributed by atoms with Gasteiger partial charge in [-0.25, -0.2) is 0 Å². The van der Waals surface area contributed by atoms with Crippen molar-refractivity contribution >= 4 is 35.2 Å². The SMILES string of the molecule is CCCCNC(=O)C(CC)N(Cc1ccc(Cl)cc1)C(=O)CCSCc1ccccc1. The first-order valence-corrected chi connectivity index (χ1v) is 12.5. The minimum absolute atomic E-state index is 0.00741. The lowest BCUT2D eigenvalue weighted by atomic mass is 10.1. The molecule has 4 nitrogen and oxygen atoms in total. The van der Waals surface area contributed by atoms with Crippen LogP contribution in [0.15, 0.2) is 54.6 Å². The van der Waals surface area contributed by atoms with Crippen molar-refractivity contribution < 1.29 is 9.59 Å². The van der Waals surface area contributed by atoms with Crippen molar-refractivity contribution in [1.29, 1.82) is 0 Å². The number of carbonyl (C=O) groups excluding carboxylic acids is 2. The molecule has 0 saturated carbocycles. The van der Waals surface area contributed by atoms with Gasteiger partial charge in [0.05, 0.1) is 0 Å². The van der Waals surface area contributed by atoms with Gasteiger partial charge in [-0.15, -0.1) is 0 Å². The van der Waals surface area contributed by atoms with E-state index in [0.29, 0.717) is 31.0 Å². The molecule has 0 aliphatic carbocycles. The van der Waals surface area contributed by atoms with Crippen LogP contribution in [-0.2, 0) is 21.9 Å². The Morgan fingerprint density at radius 1 is 1.03 bits per heavy atom. The highest BCUT2D eigenvalue weighted by molar-refractivity contribution is 7.98. The zero-order chi connectivity index (χ0) is 22.5. The third kappa shape index (κ3) is 8.96. The highest BCUT2D eigenvalue weighted by Crippen LogP contribution is 2.18. The number of nitrogens with one attached hydrogen (secondary N) is 1. The van der Waals surface area contributed by atoms with Crippen molar-refractivity contribution in [2.45, 2.75) is 57.9 Å². The molecule has 0 saturated heterocycles. The maximum absolute atomic E-state index is 13.2. The Bertz CT molecular complexity index is 799. The number of unbranched alkanes of at least 4 members (excludes halogenated alkanes) is 1. The summed E-state index contributed by atoms with van der Waals surface area (Å²) in [5, 5.41) is 3.65. The highest BCUT2D eigenvalue weighted by Gasteiger charge is 2.28. The second-order valence-corrected chi connectivity index (χ2v) is 9.05. The lowest BCUT2D eigenvalue weighted by molar-refractivity contribution is -0.141. The van der Waals surface area contributed by atoms with Gasteiger partial charge in [0.2, 0.25) is 11.8 Å². The first kappa shape index (κ1) is 25.3. The van der Waals surface area contributed by atoms with Crippen LogP contribution >= 0.6 is 23.4 Å². The second-order valence-electron chi connectivity index (χ2n) is 7.50. The molecule has 2 amide bonds. The number of carbonyl (C=O) groups is 2. The van der Waals surface area contributed by atoms with Crippen molar-refractivity contribution in [3.05, 3.63) is 70.7 Å². The minimum atomic E-state index is -0.473. The molecular formula is C25H33ClN2O2S. The standard InChI is InChI=1S/C25H33ClN2O2S/c1-3-5-16-27-25(30)23(4-2)28(18-20-11-13-22(26)14-12-20)24(29)15-17-31-19-21-9-7-6-8-10-21/h6-14,23H,3-5,15-19H2,1-2H3,(H,27,30). The fourth-order valence-electron chi connectivity index (χ4n) is 3.28. The topological polar surface area (TPSA) is 49.4 Å². The summed E-state index contributed by atoms with van der Waals surface area (Å²) in [6.07, 6.45) is 2.94. The predicted octanol–water partition coefficient (Wildman–Crippen LogP) is 5.69. The third-order valence-electron chi connectivity index (χ3n) is 5.05. The van der Waals surface area contributed by atoms with Gasteiger partial charge in [-0.1, -0.05) is 74.3 Å². The first-order chi connectivity index (χ1) is 15.0.